The predicted molar refractivity (Wildman–Crippen MR) is 229 cm³/mol. The Morgan fingerprint density at radius 1 is 0.691 bits per heavy atom. The lowest BCUT2D eigenvalue weighted by molar-refractivity contribution is 0.631. The molecule has 2 aliphatic heterocycles. The van der Waals surface area contributed by atoms with E-state index in [0.29, 0.717) is 0 Å². The smallest absolute Gasteiger partial charge is 0.139 e. The maximum absolute atomic E-state index is 6.91. The number of aromatic amines is 1. The summed E-state index contributed by atoms with van der Waals surface area (Å²) in [6.45, 7) is 0.833. The van der Waals surface area contributed by atoms with E-state index in [4.69, 9.17) is 14.4 Å². The molecular weight excluding hydrogens is 693 g/mol. The Bertz CT molecular complexity index is 3150. The van der Waals surface area contributed by atoms with Gasteiger partial charge in [-0.2, -0.15) is 0 Å². The minimum Gasteiger partial charge on any atom is -0.456 e. The molecule has 1 N–H and O–H groups in total. The molecule has 6 heteroatoms. The summed E-state index contributed by atoms with van der Waals surface area (Å²) in [5.41, 5.74) is 14.0. The molecule has 0 saturated carbocycles. The number of H-pyrrole nitrogens is 1. The summed E-state index contributed by atoms with van der Waals surface area (Å²) in [5.74, 6) is 0.806. The van der Waals surface area contributed by atoms with Gasteiger partial charge in [0.2, 0.25) is 0 Å². The molecule has 0 bridgehead atoms. The van der Waals surface area contributed by atoms with Crippen molar-refractivity contribution in [2.45, 2.75) is 12.8 Å². The molecule has 5 nitrogen and oxygen atoms in total. The average Bonchev–Trinajstić information content (AvgIpc) is 4.08. The molecule has 12 rings (SSSR count). The van der Waals surface area contributed by atoms with Crippen LogP contribution >= 0.6 is 11.3 Å². The molecule has 55 heavy (non-hydrogen) atoms. The molecule has 6 heterocycles. The second kappa shape index (κ2) is 11.9. The van der Waals surface area contributed by atoms with E-state index in [1.54, 1.807) is 11.3 Å². The van der Waals surface area contributed by atoms with Crippen LogP contribution in [0.4, 0.5) is 17.1 Å². The summed E-state index contributed by atoms with van der Waals surface area (Å²) in [6.07, 6.45) is 3.79. The summed E-state index contributed by atoms with van der Waals surface area (Å²) in [6, 6.07) is 51.9. The highest BCUT2D eigenvalue weighted by Gasteiger charge is 2.33. The van der Waals surface area contributed by atoms with Gasteiger partial charge in [-0.05, 0) is 70.8 Å². The standard InChI is InChI=1S/C49H32N4OS/c1-6-16-34-33(15-1)28-50-47(34)35-21-22-37-45(44(35)38-25-30-12-2-7-17-36(30)51-38)49(53-24-23-29-11-3-8-18-39(29)53)46(41-26-31-13-4-9-19-40(31)54-41)48(52-37)43-27-32-14-5-10-20-42(32)55-43/h1-22,26-28,50H,23-25H2. The first kappa shape index (κ1) is 30.7. The number of para-hydroxylation sites is 3. The predicted octanol–water partition coefficient (Wildman–Crippen LogP) is 13.0. The van der Waals surface area contributed by atoms with Crippen LogP contribution in [0.25, 0.3) is 75.9 Å². The zero-order valence-corrected chi connectivity index (χ0v) is 30.5. The van der Waals surface area contributed by atoms with Gasteiger partial charge in [-0.25, -0.2) is 4.98 Å². The van der Waals surface area contributed by atoms with Gasteiger partial charge in [0.05, 0.1) is 44.4 Å². The van der Waals surface area contributed by atoms with Crippen molar-refractivity contribution in [3.05, 3.63) is 168 Å². The van der Waals surface area contributed by atoms with Gasteiger partial charge in [-0.15, -0.1) is 11.3 Å². The molecule has 4 aromatic heterocycles. The highest BCUT2D eigenvalue weighted by atomic mass is 32.1. The Morgan fingerprint density at radius 2 is 1.47 bits per heavy atom. The monoisotopic (exact) mass is 724 g/mol. The van der Waals surface area contributed by atoms with E-state index in [1.165, 1.54) is 37.7 Å². The Labute approximate surface area is 320 Å². The largest absolute Gasteiger partial charge is 0.456 e. The molecule has 0 unspecified atom stereocenters. The highest BCUT2D eigenvalue weighted by Crippen LogP contribution is 2.52. The van der Waals surface area contributed by atoms with Gasteiger partial charge in [0.15, 0.2) is 0 Å². The SMILES string of the molecule is c1ccc2c(c1)CC(c1c(-c3[nH]cc4ccccc34)ccc3nc(-c4cc5ccccc5s4)c(-c4cc5ccccc5o4)c(N4CCc5ccccc54)c13)=N2. The minimum absolute atomic E-state index is 0.731. The molecule has 10 aromatic rings. The molecule has 0 amide bonds. The average molecular weight is 725 g/mol. The highest BCUT2D eigenvalue weighted by molar-refractivity contribution is 7.22. The molecule has 2 aliphatic rings. The number of anilines is 2. The van der Waals surface area contributed by atoms with E-state index >= 15 is 0 Å². The van der Waals surface area contributed by atoms with Crippen LogP contribution in [0, 0.1) is 0 Å². The second-order valence-electron chi connectivity index (χ2n) is 14.5. The van der Waals surface area contributed by atoms with Gasteiger partial charge >= 0.3 is 0 Å². The van der Waals surface area contributed by atoms with E-state index in [2.05, 4.69) is 156 Å². The fourth-order valence-corrected chi connectivity index (χ4v) is 9.94. The van der Waals surface area contributed by atoms with Crippen molar-refractivity contribution in [3.63, 3.8) is 0 Å². The van der Waals surface area contributed by atoms with Crippen LogP contribution < -0.4 is 4.90 Å². The number of furan rings is 1. The number of aliphatic imine (C=N–C) groups is 1. The van der Waals surface area contributed by atoms with E-state index in [1.807, 2.05) is 6.07 Å². The van der Waals surface area contributed by atoms with Crippen LogP contribution in [0.5, 0.6) is 0 Å². The van der Waals surface area contributed by atoms with Gasteiger partial charge in [0.25, 0.3) is 0 Å². The third kappa shape index (κ3) is 4.71. The zero-order valence-electron chi connectivity index (χ0n) is 29.7. The number of benzene rings is 6. The quantitative estimate of drug-likeness (QED) is 0.192. The Balaban J connectivity index is 1.27. The molecule has 0 spiro atoms. The number of aromatic nitrogens is 2. The fraction of sp³-hybridized carbons (Fsp3) is 0.0612. The van der Waals surface area contributed by atoms with Crippen LogP contribution in [0.1, 0.15) is 16.7 Å². The van der Waals surface area contributed by atoms with Crippen LogP contribution in [0.3, 0.4) is 0 Å². The van der Waals surface area contributed by atoms with Gasteiger partial charge in [0.1, 0.15) is 11.3 Å². The summed E-state index contributed by atoms with van der Waals surface area (Å²) in [4.78, 5) is 18.5. The number of hydrogen-bond donors (Lipinski definition) is 1. The fourth-order valence-electron chi connectivity index (χ4n) is 8.88. The van der Waals surface area contributed by atoms with Crippen LogP contribution in [-0.2, 0) is 12.8 Å². The van der Waals surface area contributed by atoms with Gasteiger partial charge in [0, 0.05) is 56.8 Å². The number of rotatable bonds is 5. The number of thiophene rings is 1. The Hall–Kier alpha value is -6.76. The van der Waals surface area contributed by atoms with Crippen LogP contribution in [0.15, 0.2) is 161 Å². The first-order valence-electron chi connectivity index (χ1n) is 18.8. The molecule has 6 aromatic carbocycles. The number of nitrogens with one attached hydrogen (secondary N) is 1. The number of fused-ring (bicyclic) bond motifs is 6. The lowest BCUT2D eigenvalue weighted by Gasteiger charge is -2.27. The molecular formula is C49H32N4OS. The van der Waals surface area contributed by atoms with Gasteiger partial charge in [-0.3, -0.25) is 4.99 Å². The molecule has 260 valence electrons. The molecule has 0 atom stereocenters. The van der Waals surface area contributed by atoms with Crippen molar-refractivity contribution < 1.29 is 4.42 Å². The van der Waals surface area contributed by atoms with Crippen LogP contribution in [-0.4, -0.2) is 22.2 Å². The normalized spacial score (nSPS) is 13.7. The maximum Gasteiger partial charge on any atom is 0.139 e. The maximum atomic E-state index is 6.91. The summed E-state index contributed by atoms with van der Waals surface area (Å²) in [7, 11) is 0. The van der Waals surface area contributed by atoms with E-state index in [-0.39, 0.29) is 0 Å². The Morgan fingerprint density at radius 3 is 2.36 bits per heavy atom. The number of pyridine rings is 1. The Kier molecular flexibility index (Phi) is 6.62. The van der Waals surface area contributed by atoms with Crippen molar-refractivity contribution in [2.75, 3.05) is 11.4 Å². The van der Waals surface area contributed by atoms with Crippen LogP contribution in [0.2, 0.25) is 0 Å². The lowest BCUT2D eigenvalue weighted by Crippen LogP contribution is -2.17. The summed E-state index contributed by atoms with van der Waals surface area (Å²) in [5, 5.41) is 5.71. The number of nitrogens with zero attached hydrogens (tertiary/aromatic N) is 3. The molecule has 0 aliphatic carbocycles. The van der Waals surface area contributed by atoms with E-state index < -0.39 is 0 Å². The zero-order chi connectivity index (χ0) is 36.0. The van der Waals surface area contributed by atoms with Crippen molar-refractivity contribution >= 4 is 76.8 Å². The van der Waals surface area contributed by atoms with E-state index in [0.717, 1.165) is 97.1 Å². The van der Waals surface area contributed by atoms with Crippen molar-refractivity contribution in [1.82, 2.24) is 9.97 Å². The first-order chi connectivity index (χ1) is 27.2. The van der Waals surface area contributed by atoms with Gasteiger partial charge in [-0.1, -0.05) is 103 Å². The van der Waals surface area contributed by atoms with E-state index in [9.17, 15) is 0 Å². The summed E-state index contributed by atoms with van der Waals surface area (Å²) < 4.78 is 8.14. The second-order valence-corrected chi connectivity index (χ2v) is 15.6. The molecule has 0 saturated heterocycles. The lowest BCUT2D eigenvalue weighted by atomic mass is 9.89. The summed E-state index contributed by atoms with van der Waals surface area (Å²) >= 11 is 1.78. The first-order valence-corrected chi connectivity index (χ1v) is 19.6. The van der Waals surface area contributed by atoms with Crippen molar-refractivity contribution in [2.24, 2.45) is 4.99 Å². The van der Waals surface area contributed by atoms with Gasteiger partial charge < -0.3 is 14.3 Å². The molecule has 0 fully saturated rings. The van der Waals surface area contributed by atoms with Crippen molar-refractivity contribution in [3.8, 4) is 33.2 Å². The third-order valence-electron chi connectivity index (χ3n) is 11.4. The topological polar surface area (TPSA) is 57.4 Å². The minimum atomic E-state index is 0.731. The van der Waals surface area contributed by atoms with Crippen molar-refractivity contribution in [1.29, 1.82) is 0 Å². The number of hydrogen-bond acceptors (Lipinski definition) is 5. The third-order valence-corrected chi connectivity index (χ3v) is 12.5. The molecule has 0 radical (unpaired) electrons.